The topological polar surface area (TPSA) is 51.2 Å². The van der Waals surface area contributed by atoms with Crippen LogP contribution < -0.4 is 0 Å². The van der Waals surface area contributed by atoms with Gasteiger partial charge < -0.3 is 0 Å². The second-order valence-corrected chi connectivity index (χ2v) is 7.62. The maximum Gasteiger partial charge on any atom is 0.183 e. The molecular weight excluding hydrogens is 286 g/mol. The van der Waals surface area contributed by atoms with Gasteiger partial charge in [0.1, 0.15) is 16.9 Å². The Morgan fingerprint density at radius 2 is 1.80 bits per heavy atom. The normalized spacial score (nSPS) is 13.5. The Morgan fingerprint density at radius 1 is 1.20 bits per heavy atom. The fourth-order valence-corrected chi connectivity index (χ4v) is 3.25. The highest BCUT2D eigenvalue weighted by molar-refractivity contribution is 7.92. The minimum absolute atomic E-state index is 0.125. The number of ketones is 1. The summed E-state index contributed by atoms with van der Waals surface area (Å²) in [5.74, 6) is -2.63. The van der Waals surface area contributed by atoms with Crippen LogP contribution in [0.5, 0.6) is 0 Å². The summed E-state index contributed by atoms with van der Waals surface area (Å²) in [4.78, 5) is 12.0. The maximum atomic E-state index is 13.5. The van der Waals surface area contributed by atoms with Crippen LogP contribution in [0.1, 0.15) is 37.6 Å². The first-order valence-electron chi connectivity index (χ1n) is 6.36. The molecule has 112 valence electrons. The lowest BCUT2D eigenvalue weighted by Gasteiger charge is -2.13. The minimum Gasteiger partial charge on any atom is -0.293 e. The average molecular weight is 304 g/mol. The molecule has 0 N–H and O–H groups in total. The van der Waals surface area contributed by atoms with Crippen molar-refractivity contribution < 1.29 is 22.0 Å². The van der Waals surface area contributed by atoms with Crippen molar-refractivity contribution in [2.24, 2.45) is 5.92 Å². The summed E-state index contributed by atoms with van der Waals surface area (Å²) in [5.41, 5.74) is -0.396. The molecule has 1 atom stereocenters. The van der Waals surface area contributed by atoms with Crippen molar-refractivity contribution in [3.63, 3.8) is 0 Å². The highest BCUT2D eigenvalue weighted by atomic mass is 32.2. The van der Waals surface area contributed by atoms with Crippen LogP contribution in [0.2, 0.25) is 0 Å². The Labute approximate surface area is 117 Å². The van der Waals surface area contributed by atoms with Gasteiger partial charge >= 0.3 is 0 Å². The van der Waals surface area contributed by atoms with Crippen LogP contribution in [0.4, 0.5) is 8.78 Å². The van der Waals surface area contributed by atoms with E-state index in [2.05, 4.69) is 0 Å². The van der Waals surface area contributed by atoms with Crippen molar-refractivity contribution in [3.05, 3.63) is 35.4 Å². The van der Waals surface area contributed by atoms with Crippen LogP contribution in [-0.4, -0.2) is 25.2 Å². The quantitative estimate of drug-likeness (QED) is 0.759. The second-order valence-electron chi connectivity index (χ2n) is 5.18. The molecule has 0 saturated heterocycles. The zero-order valence-corrected chi connectivity index (χ0v) is 12.5. The van der Waals surface area contributed by atoms with E-state index in [0.717, 1.165) is 12.1 Å². The minimum atomic E-state index is -3.64. The van der Waals surface area contributed by atoms with Gasteiger partial charge in [0.05, 0.1) is 11.3 Å². The van der Waals surface area contributed by atoms with E-state index >= 15 is 0 Å². The Bertz CT molecular complexity index is 594. The molecule has 0 saturated carbocycles. The van der Waals surface area contributed by atoms with Gasteiger partial charge in [0.2, 0.25) is 0 Å². The van der Waals surface area contributed by atoms with Crippen molar-refractivity contribution in [1.82, 2.24) is 0 Å². The fourth-order valence-electron chi connectivity index (χ4n) is 1.65. The van der Waals surface area contributed by atoms with Gasteiger partial charge in [0, 0.05) is 6.07 Å². The molecule has 3 nitrogen and oxygen atoms in total. The Kier molecular flexibility index (Phi) is 5.39. The Morgan fingerprint density at radius 3 is 2.30 bits per heavy atom. The zero-order chi connectivity index (χ0) is 15.5. The van der Waals surface area contributed by atoms with Gasteiger partial charge in [-0.3, -0.25) is 4.79 Å². The third-order valence-electron chi connectivity index (χ3n) is 3.08. The lowest BCUT2D eigenvalue weighted by atomic mass is 10.1. The fraction of sp³-hybridized carbons (Fsp3) is 0.500. The van der Waals surface area contributed by atoms with E-state index < -0.39 is 38.1 Å². The number of hydrogen-bond donors (Lipinski definition) is 0. The molecule has 0 spiro atoms. The molecule has 0 amide bonds. The molecule has 0 bridgehead atoms. The molecular formula is C14H18F2O3S. The van der Waals surface area contributed by atoms with Crippen LogP contribution >= 0.6 is 0 Å². The number of carbonyl (C=O) groups excluding carboxylic acids is 1. The van der Waals surface area contributed by atoms with Crippen LogP contribution in [0.3, 0.4) is 0 Å². The number of Topliss-reactive ketones (excluding diaryl/α,β-unsaturated/α-hetero) is 1. The van der Waals surface area contributed by atoms with Crippen molar-refractivity contribution >= 4 is 15.6 Å². The van der Waals surface area contributed by atoms with Gasteiger partial charge in [-0.15, -0.1) is 0 Å². The van der Waals surface area contributed by atoms with Crippen LogP contribution in [0.15, 0.2) is 18.2 Å². The predicted molar refractivity (Wildman–Crippen MR) is 73.4 cm³/mol. The molecule has 0 heterocycles. The number of sulfone groups is 1. The molecule has 0 aliphatic heterocycles. The zero-order valence-electron chi connectivity index (χ0n) is 11.7. The highest BCUT2D eigenvalue weighted by Gasteiger charge is 2.30. The van der Waals surface area contributed by atoms with Gasteiger partial charge in [-0.1, -0.05) is 13.8 Å². The SMILES string of the molecule is CC(C)CCS(=O)(=O)C(C)C(=O)c1ccc(F)cc1F. The van der Waals surface area contributed by atoms with Gasteiger partial charge in [0.15, 0.2) is 15.6 Å². The Balaban J connectivity index is 2.96. The van der Waals surface area contributed by atoms with Crippen molar-refractivity contribution in [3.8, 4) is 0 Å². The first-order chi connectivity index (χ1) is 9.15. The number of halogens is 2. The summed E-state index contributed by atoms with van der Waals surface area (Å²) < 4.78 is 50.3. The first kappa shape index (κ1) is 16.8. The largest absolute Gasteiger partial charge is 0.293 e. The van der Waals surface area contributed by atoms with E-state index in [1.807, 2.05) is 13.8 Å². The lowest BCUT2D eigenvalue weighted by molar-refractivity contribution is 0.0987. The lowest BCUT2D eigenvalue weighted by Crippen LogP contribution is -2.30. The molecule has 0 aliphatic rings. The third-order valence-corrected chi connectivity index (χ3v) is 5.18. The molecule has 1 unspecified atom stereocenters. The predicted octanol–water partition coefficient (Wildman–Crippen LogP) is 3.00. The highest BCUT2D eigenvalue weighted by Crippen LogP contribution is 2.17. The second kappa shape index (κ2) is 6.43. The first-order valence-corrected chi connectivity index (χ1v) is 8.07. The molecule has 1 aromatic carbocycles. The average Bonchev–Trinajstić information content (AvgIpc) is 2.35. The summed E-state index contributed by atoms with van der Waals surface area (Å²) in [6.45, 7) is 4.99. The van der Waals surface area contributed by atoms with Crippen LogP contribution in [0, 0.1) is 17.6 Å². The van der Waals surface area contributed by atoms with Crippen molar-refractivity contribution in [2.75, 3.05) is 5.75 Å². The standard InChI is InChI=1S/C14H18F2O3S/c1-9(2)6-7-20(18,19)10(3)14(17)12-5-4-11(15)8-13(12)16/h4-5,8-10H,6-7H2,1-3H3. The molecule has 20 heavy (non-hydrogen) atoms. The molecule has 0 radical (unpaired) electrons. The number of carbonyl (C=O) groups is 1. The maximum absolute atomic E-state index is 13.5. The van der Waals surface area contributed by atoms with Crippen LogP contribution in [-0.2, 0) is 9.84 Å². The van der Waals surface area contributed by atoms with E-state index in [1.54, 1.807) is 0 Å². The number of benzene rings is 1. The summed E-state index contributed by atoms with van der Waals surface area (Å²) in [7, 11) is -3.64. The summed E-state index contributed by atoms with van der Waals surface area (Å²) in [6, 6.07) is 2.48. The molecule has 1 rings (SSSR count). The Hall–Kier alpha value is -1.30. The number of hydrogen-bond acceptors (Lipinski definition) is 3. The van der Waals surface area contributed by atoms with E-state index in [0.29, 0.717) is 12.5 Å². The smallest absolute Gasteiger partial charge is 0.183 e. The van der Waals surface area contributed by atoms with Crippen LogP contribution in [0.25, 0.3) is 0 Å². The van der Waals surface area contributed by atoms with Gasteiger partial charge in [-0.2, -0.15) is 0 Å². The number of rotatable bonds is 6. The van der Waals surface area contributed by atoms with E-state index in [9.17, 15) is 22.0 Å². The molecule has 0 fully saturated rings. The van der Waals surface area contributed by atoms with E-state index in [-0.39, 0.29) is 11.7 Å². The van der Waals surface area contributed by atoms with Crippen molar-refractivity contribution in [1.29, 1.82) is 0 Å². The van der Waals surface area contributed by atoms with E-state index in [1.165, 1.54) is 6.92 Å². The summed E-state index contributed by atoms with van der Waals surface area (Å²) >= 11 is 0. The molecule has 0 aromatic heterocycles. The monoisotopic (exact) mass is 304 g/mol. The molecule has 0 aliphatic carbocycles. The molecule has 1 aromatic rings. The van der Waals surface area contributed by atoms with E-state index in [4.69, 9.17) is 0 Å². The van der Waals surface area contributed by atoms with Gasteiger partial charge in [-0.25, -0.2) is 17.2 Å². The third kappa shape index (κ3) is 4.10. The molecule has 6 heteroatoms. The van der Waals surface area contributed by atoms with Gasteiger partial charge in [-0.05, 0) is 31.4 Å². The summed E-state index contributed by atoms with van der Waals surface area (Å²) in [5, 5.41) is -1.33. The van der Waals surface area contributed by atoms with Crippen molar-refractivity contribution in [2.45, 2.75) is 32.4 Å². The summed E-state index contributed by atoms with van der Waals surface area (Å²) in [6.07, 6.45) is 0.436. The van der Waals surface area contributed by atoms with Gasteiger partial charge in [0.25, 0.3) is 0 Å².